The number of rotatable bonds is 7. The van der Waals surface area contributed by atoms with Gasteiger partial charge in [-0.1, -0.05) is 19.9 Å². The molecule has 1 unspecified atom stereocenters. The van der Waals surface area contributed by atoms with Gasteiger partial charge in [0, 0.05) is 11.8 Å². The molecule has 0 amide bonds. The third kappa shape index (κ3) is 4.22. The van der Waals surface area contributed by atoms with E-state index >= 15 is 0 Å². The standard InChI is InChI=1S/C13H19NO4S2/c1-4-10-5-6-11(7-12(10)13(15)16)20(17,18)14-8-9(2)19-3/h5-7,9,14H,4,8H2,1-3H3,(H,15,16). The van der Waals surface area contributed by atoms with Gasteiger partial charge >= 0.3 is 5.97 Å². The normalized spacial score (nSPS) is 13.2. The van der Waals surface area contributed by atoms with E-state index < -0.39 is 16.0 Å². The van der Waals surface area contributed by atoms with Crippen molar-refractivity contribution in [2.24, 2.45) is 0 Å². The van der Waals surface area contributed by atoms with Crippen LogP contribution in [0.1, 0.15) is 29.8 Å². The van der Waals surface area contributed by atoms with Crippen molar-refractivity contribution in [3.05, 3.63) is 29.3 Å². The molecule has 0 aliphatic carbocycles. The van der Waals surface area contributed by atoms with Crippen LogP contribution in [0.2, 0.25) is 0 Å². The topological polar surface area (TPSA) is 83.5 Å². The van der Waals surface area contributed by atoms with E-state index in [1.165, 1.54) is 12.1 Å². The van der Waals surface area contributed by atoms with Crippen LogP contribution in [0.25, 0.3) is 0 Å². The molecule has 1 aromatic rings. The number of nitrogens with one attached hydrogen (secondary N) is 1. The fraction of sp³-hybridized carbons (Fsp3) is 0.462. The molecule has 1 rings (SSSR count). The lowest BCUT2D eigenvalue weighted by Crippen LogP contribution is -2.29. The molecule has 0 aliphatic heterocycles. The Kier molecular flexibility index (Phi) is 6.04. The van der Waals surface area contributed by atoms with Crippen LogP contribution in [0.15, 0.2) is 23.1 Å². The number of hydrogen-bond acceptors (Lipinski definition) is 4. The first kappa shape index (κ1) is 17.0. The lowest BCUT2D eigenvalue weighted by Gasteiger charge is -2.12. The Morgan fingerprint density at radius 2 is 2.10 bits per heavy atom. The zero-order chi connectivity index (χ0) is 15.3. The molecule has 0 heterocycles. The molecular formula is C13H19NO4S2. The molecule has 2 N–H and O–H groups in total. The zero-order valence-corrected chi connectivity index (χ0v) is 13.3. The van der Waals surface area contributed by atoms with Crippen molar-refractivity contribution in [2.45, 2.75) is 30.4 Å². The number of carbonyl (C=O) groups is 1. The number of carboxylic acids is 1. The molecule has 0 fully saturated rings. The lowest BCUT2D eigenvalue weighted by atomic mass is 10.1. The second-order valence-electron chi connectivity index (χ2n) is 4.38. The van der Waals surface area contributed by atoms with Gasteiger partial charge in [0.1, 0.15) is 0 Å². The maximum Gasteiger partial charge on any atom is 0.336 e. The number of benzene rings is 1. The monoisotopic (exact) mass is 317 g/mol. The zero-order valence-electron chi connectivity index (χ0n) is 11.7. The number of aryl methyl sites for hydroxylation is 1. The van der Waals surface area contributed by atoms with Gasteiger partial charge in [-0.2, -0.15) is 11.8 Å². The number of thioether (sulfide) groups is 1. The van der Waals surface area contributed by atoms with Gasteiger partial charge in [0.15, 0.2) is 0 Å². The van der Waals surface area contributed by atoms with Crippen LogP contribution in [-0.2, 0) is 16.4 Å². The Bertz CT molecular complexity index is 584. The van der Waals surface area contributed by atoms with Crippen molar-refractivity contribution >= 4 is 27.8 Å². The molecule has 0 saturated heterocycles. The van der Waals surface area contributed by atoms with Crippen LogP contribution in [0.3, 0.4) is 0 Å². The van der Waals surface area contributed by atoms with Gasteiger partial charge in [-0.15, -0.1) is 0 Å². The SMILES string of the molecule is CCc1ccc(S(=O)(=O)NCC(C)SC)cc1C(=O)O. The molecule has 0 aliphatic rings. The van der Waals surface area contributed by atoms with E-state index in [0.717, 1.165) is 0 Å². The Morgan fingerprint density at radius 3 is 2.60 bits per heavy atom. The van der Waals surface area contributed by atoms with Crippen molar-refractivity contribution in [1.82, 2.24) is 4.72 Å². The third-order valence-electron chi connectivity index (χ3n) is 2.97. The van der Waals surface area contributed by atoms with Gasteiger partial charge in [-0.3, -0.25) is 0 Å². The minimum absolute atomic E-state index is 0.0135. The average molecular weight is 317 g/mol. The third-order valence-corrected chi connectivity index (χ3v) is 5.36. The van der Waals surface area contributed by atoms with Crippen LogP contribution in [-0.4, -0.2) is 37.5 Å². The molecule has 0 aromatic heterocycles. The van der Waals surface area contributed by atoms with E-state index in [0.29, 0.717) is 18.5 Å². The molecule has 0 radical (unpaired) electrons. The van der Waals surface area contributed by atoms with Gasteiger partial charge in [0.25, 0.3) is 0 Å². The van der Waals surface area contributed by atoms with Gasteiger partial charge < -0.3 is 5.11 Å². The van der Waals surface area contributed by atoms with E-state index in [-0.39, 0.29) is 15.7 Å². The largest absolute Gasteiger partial charge is 0.478 e. The van der Waals surface area contributed by atoms with Crippen molar-refractivity contribution in [3.63, 3.8) is 0 Å². The minimum atomic E-state index is -3.67. The van der Waals surface area contributed by atoms with Gasteiger partial charge in [0.05, 0.1) is 10.5 Å². The van der Waals surface area contributed by atoms with Gasteiger partial charge in [0.2, 0.25) is 10.0 Å². The Labute approximate surface area is 123 Å². The molecule has 1 aromatic carbocycles. The molecule has 1 atom stereocenters. The number of hydrogen-bond donors (Lipinski definition) is 2. The summed E-state index contributed by atoms with van der Waals surface area (Å²) in [6, 6.07) is 4.21. The summed E-state index contributed by atoms with van der Waals surface area (Å²) in [7, 11) is -3.67. The Hall–Kier alpha value is -1.05. The Balaban J connectivity index is 3.07. The van der Waals surface area contributed by atoms with E-state index in [9.17, 15) is 13.2 Å². The number of carboxylic acid groups (broad SMARTS) is 1. The van der Waals surface area contributed by atoms with E-state index in [1.54, 1.807) is 17.8 Å². The van der Waals surface area contributed by atoms with E-state index in [1.807, 2.05) is 20.1 Å². The fourth-order valence-corrected chi connectivity index (χ4v) is 3.14. The fourth-order valence-electron chi connectivity index (χ4n) is 1.62. The average Bonchev–Trinajstić information content (AvgIpc) is 2.43. The number of sulfonamides is 1. The minimum Gasteiger partial charge on any atom is -0.478 e. The summed E-state index contributed by atoms with van der Waals surface area (Å²) in [6.07, 6.45) is 2.44. The molecular weight excluding hydrogens is 298 g/mol. The first-order valence-electron chi connectivity index (χ1n) is 6.20. The molecule has 112 valence electrons. The van der Waals surface area contributed by atoms with Crippen LogP contribution in [0.5, 0.6) is 0 Å². The van der Waals surface area contributed by atoms with Gasteiger partial charge in [-0.05, 0) is 30.4 Å². The second kappa shape index (κ2) is 7.10. The van der Waals surface area contributed by atoms with Crippen molar-refractivity contribution in [1.29, 1.82) is 0 Å². The quantitative estimate of drug-likeness (QED) is 0.803. The highest BCUT2D eigenvalue weighted by atomic mass is 32.2. The Morgan fingerprint density at radius 1 is 1.45 bits per heavy atom. The summed E-state index contributed by atoms with van der Waals surface area (Å²) < 4.78 is 26.7. The van der Waals surface area contributed by atoms with Gasteiger partial charge in [-0.25, -0.2) is 17.9 Å². The highest BCUT2D eigenvalue weighted by Crippen LogP contribution is 2.17. The lowest BCUT2D eigenvalue weighted by molar-refractivity contribution is 0.0695. The van der Waals surface area contributed by atoms with Crippen LogP contribution in [0, 0.1) is 0 Å². The molecule has 7 heteroatoms. The predicted octanol–water partition coefficient (Wildman–Crippen LogP) is 1.98. The second-order valence-corrected chi connectivity index (χ2v) is 7.42. The van der Waals surface area contributed by atoms with E-state index in [2.05, 4.69) is 4.72 Å². The first-order valence-corrected chi connectivity index (χ1v) is 8.97. The smallest absolute Gasteiger partial charge is 0.336 e. The van der Waals surface area contributed by atoms with Crippen LogP contribution < -0.4 is 4.72 Å². The summed E-state index contributed by atoms with van der Waals surface area (Å²) in [5.41, 5.74) is 0.655. The molecule has 0 saturated carbocycles. The number of aromatic carboxylic acids is 1. The highest BCUT2D eigenvalue weighted by molar-refractivity contribution is 7.99. The summed E-state index contributed by atoms with van der Waals surface area (Å²) in [6.45, 7) is 4.05. The van der Waals surface area contributed by atoms with Crippen molar-refractivity contribution in [2.75, 3.05) is 12.8 Å². The summed E-state index contributed by atoms with van der Waals surface area (Å²) in [5.74, 6) is -1.11. The van der Waals surface area contributed by atoms with Crippen LogP contribution >= 0.6 is 11.8 Å². The summed E-state index contributed by atoms with van der Waals surface area (Å²) >= 11 is 1.55. The van der Waals surface area contributed by atoms with Crippen LogP contribution in [0.4, 0.5) is 0 Å². The maximum absolute atomic E-state index is 12.1. The first-order chi connectivity index (χ1) is 9.31. The van der Waals surface area contributed by atoms with E-state index in [4.69, 9.17) is 5.11 Å². The molecule has 0 spiro atoms. The molecule has 5 nitrogen and oxygen atoms in total. The summed E-state index contributed by atoms with van der Waals surface area (Å²) in [4.78, 5) is 11.1. The molecule has 20 heavy (non-hydrogen) atoms. The molecule has 0 bridgehead atoms. The van der Waals surface area contributed by atoms with Crippen molar-refractivity contribution in [3.8, 4) is 0 Å². The summed E-state index contributed by atoms with van der Waals surface area (Å²) in [5, 5.41) is 9.28. The predicted molar refractivity (Wildman–Crippen MR) is 80.9 cm³/mol. The highest BCUT2D eigenvalue weighted by Gasteiger charge is 2.18. The maximum atomic E-state index is 12.1. The van der Waals surface area contributed by atoms with Crippen molar-refractivity contribution < 1.29 is 18.3 Å².